The summed E-state index contributed by atoms with van der Waals surface area (Å²) in [6.07, 6.45) is 10.6. The number of rotatable bonds is 7. The molecule has 29 heavy (non-hydrogen) atoms. The van der Waals surface area contributed by atoms with Crippen LogP contribution in [0.5, 0.6) is 0 Å². The summed E-state index contributed by atoms with van der Waals surface area (Å²) in [4.78, 5) is 44.9. The molecule has 1 aliphatic carbocycles. The van der Waals surface area contributed by atoms with Crippen molar-refractivity contribution < 1.29 is 18.8 Å². The van der Waals surface area contributed by atoms with Crippen molar-refractivity contribution in [3.63, 3.8) is 0 Å². The van der Waals surface area contributed by atoms with E-state index in [0.717, 1.165) is 11.6 Å². The number of carbonyl (C=O) groups is 3. The minimum absolute atomic E-state index is 0.0778. The molecular weight excluding hydrogens is 374 g/mol. The van der Waals surface area contributed by atoms with Crippen LogP contribution in [0.2, 0.25) is 0 Å². The number of imidazole rings is 1. The highest BCUT2D eigenvalue weighted by atomic mass is 16.3. The summed E-state index contributed by atoms with van der Waals surface area (Å²) in [6.45, 7) is 0. The number of primary amides is 1. The fourth-order valence-corrected chi connectivity index (χ4v) is 3.23. The Hall–Kier alpha value is -4.01. The summed E-state index contributed by atoms with van der Waals surface area (Å²) < 4.78 is 6.94. The molecule has 0 radical (unpaired) electrons. The highest BCUT2D eigenvalue weighted by molar-refractivity contribution is 6.38. The zero-order valence-electron chi connectivity index (χ0n) is 15.2. The number of hydrogen-bond donors (Lipinski definition) is 2. The molecule has 1 atom stereocenters. The summed E-state index contributed by atoms with van der Waals surface area (Å²) in [7, 11) is 0. The Balaban J connectivity index is 1.61. The second kappa shape index (κ2) is 7.55. The first kappa shape index (κ1) is 18.4. The average Bonchev–Trinajstić information content (AvgIpc) is 3.45. The number of aromatic nitrogens is 3. The Bertz CT molecular complexity index is 1210. The predicted molar refractivity (Wildman–Crippen MR) is 102 cm³/mol. The van der Waals surface area contributed by atoms with Gasteiger partial charge >= 0.3 is 0 Å². The minimum atomic E-state index is -1.14. The second-order valence-corrected chi connectivity index (χ2v) is 6.48. The molecule has 3 aromatic heterocycles. The molecule has 1 aliphatic rings. The van der Waals surface area contributed by atoms with Gasteiger partial charge < -0.3 is 15.5 Å². The number of nitrogens with two attached hydrogens (primary N) is 1. The molecule has 146 valence electrons. The summed E-state index contributed by atoms with van der Waals surface area (Å²) in [5.74, 6) is -2.10. The number of pyridine rings is 1. The zero-order valence-corrected chi connectivity index (χ0v) is 15.2. The molecule has 1 unspecified atom stereocenters. The third-order valence-electron chi connectivity index (χ3n) is 4.62. The van der Waals surface area contributed by atoms with Crippen LogP contribution in [0.1, 0.15) is 22.5 Å². The Morgan fingerprint density at radius 3 is 2.90 bits per heavy atom. The minimum Gasteiger partial charge on any atom is -0.464 e. The molecule has 3 heterocycles. The highest BCUT2D eigenvalue weighted by Crippen LogP contribution is 2.09. The fourth-order valence-electron chi connectivity index (χ4n) is 3.23. The SMILES string of the molecule is NC(=O)C(=O)C(Cc1coc2c1=CCC=2)NC(=O)c1cncn1-c1ccccn1. The fraction of sp³-hybridized carbons (Fsp3) is 0.150. The lowest BCUT2D eigenvalue weighted by atomic mass is 10.0. The van der Waals surface area contributed by atoms with Crippen LogP contribution < -0.4 is 21.7 Å². The van der Waals surface area contributed by atoms with Crippen LogP contribution in [-0.4, -0.2) is 38.2 Å². The van der Waals surface area contributed by atoms with Crippen LogP contribution in [-0.2, 0) is 16.0 Å². The number of hydrogen-bond acceptors (Lipinski definition) is 6. The normalized spacial score (nSPS) is 13.1. The van der Waals surface area contributed by atoms with E-state index in [1.165, 1.54) is 23.4 Å². The molecule has 3 N–H and O–H groups in total. The van der Waals surface area contributed by atoms with E-state index < -0.39 is 23.6 Å². The van der Waals surface area contributed by atoms with Crippen LogP contribution in [0.25, 0.3) is 18.0 Å². The quantitative estimate of drug-likeness (QED) is 0.508. The summed E-state index contributed by atoms with van der Waals surface area (Å²) in [6, 6.07) is 4.10. The summed E-state index contributed by atoms with van der Waals surface area (Å²) in [5, 5.41) is 3.46. The van der Waals surface area contributed by atoms with Crippen molar-refractivity contribution in [2.45, 2.75) is 18.9 Å². The van der Waals surface area contributed by atoms with Gasteiger partial charge in [-0.05, 0) is 24.6 Å². The van der Waals surface area contributed by atoms with Gasteiger partial charge in [0, 0.05) is 23.4 Å². The van der Waals surface area contributed by atoms with Gasteiger partial charge in [0.1, 0.15) is 29.3 Å². The Labute approximate surface area is 164 Å². The largest absolute Gasteiger partial charge is 0.464 e. The maximum atomic E-state index is 12.9. The van der Waals surface area contributed by atoms with Crippen LogP contribution in [0.4, 0.5) is 0 Å². The van der Waals surface area contributed by atoms with E-state index in [1.807, 2.05) is 12.2 Å². The van der Waals surface area contributed by atoms with E-state index in [1.54, 1.807) is 24.4 Å². The molecule has 0 saturated heterocycles. The molecular formula is C20H17N5O4. The lowest BCUT2D eigenvalue weighted by Crippen LogP contribution is -2.48. The Morgan fingerprint density at radius 1 is 1.28 bits per heavy atom. The monoisotopic (exact) mass is 391 g/mol. The molecule has 0 aromatic carbocycles. The van der Waals surface area contributed by atoms with Gasteiger partial charge in [0.25, 0.3) is 11.8 Å². The van der Waals surface area contributed by atoms with E-state index in [2.05, 4.69) is 15.3 Å². The number of fused-ring (bicyclic) bond motifs is 1. The van der Waals surface area contributed by atoms with Gasteiger partial charge in [-0.2, -0.15) is 0 Å². The third-order valence-corrected chi connectivity index (χ3v) is 4.62. The number of Topliss-reactive ketones (excluding diaryl/α,β-unsaturated/α-hetero) is 1. The van der Waals surface area contributed by atoms with Crippen molar-refractivity contribution in [3.8, 4) is 5.82 Å². The number of nitrogens with zero attached hydrogens (tertiary/aromatic N) is 3. The maximum absolute atomic E-state index is 12.9. The van der Waals surface area contributed by atoms with Crippen molar-refractivity contribution in [2.75, 3.05) is 0 Å². The van der Waals surface area contributed by atoms with Crippen molar-refractivity contribution >= 4 is 29.7 Å². The van der Waals surface area contributed by atoms with E-state index in [4.69, 9.17) is 10.2 Å². The van der Waals surface area contributed by atoms with Gasteiger partial charge in [-0.1, -0.05) is 12.1 Å². The predicted octanol–water partition coefficient (Wildman–Crippen LogP) is -0.779. The van der Waals surface area contributed by atoms with E-state index in [9.17, 15) is 14.4 Å². The number of ketones is 1. The maximum Gasteiger partial charge on any atom is 0.287 e. The van der Waals surface area contributed by atoms with Crippen molar-refractivity contribution in [2.24, 2.45) is 5.73 Å². The van der Waals surface area contributed by atoms with Gasteiger partial charge in [0.2, 0.25) is 5.78 Å². The molecule has 0 spiro atoms. The first-order valence-corrected chi connectivity index (χ1v) is 8.89. The van der Waals surface area contributed by atoms with Crippen LogP contribution in [0.3, 0.4) is 0 Å². The Kier molecular flexibility index (Phi) is 4.78. The first-order chi connectivity index (χ1) is 14.0. The molecule has 0 bridgehead atoms. The smallest absolute Gasteiger partial charge is 0.287 e. The number of amides is 2. The van der Waals surface area contributed by atoms with E-state index >= 15 is 0 Å². The van der Waals surface area contributed by atoms with Gasteiger partial charge in [-0.15, -0.1) is 0 Å². The molecule has 9 heteroatoms. The van der Waals surface area contributed by atoms with Gasteiger partial charge in [0.15, 0.2) is 0 Å². The van der Waals surface area contributed by atoms with Crippen LogP contribution >= 0.6 is 0 Å². The summed E-state index contributed by atoms with van der Waals surface area (Å²) >= 11 is 0. The lowest BCUT2D eigenvalue weighted by Gasteiger charge is -2.16. The van der Waals surface area contributed by atoms with E-state index in [0.29, 0.717) is 16.8 Å². The Morgan fingerprint density at radius 2 is 2.14 bits per heavy atom. The second-order valence-electron chi connectivity index (χ2n) is 6.48. The molecule has 0 fully saturated rings. The lowest BCUT2D eigenvalue weighted by molar-refractivity contribution is -0.137. The molecule has 0 aliphatic heterocycles. The number of nitrogens with one attached hydrogen (secondary N) is 1. The molecule has 3 aromatic rings. The van der Waals surface area contributed by atoms with Crippen LogP contribution in [0.15, 0.2) is 47.6 Å². The van der Waals surface area contributed by atoms with Crippen molar-refractivity contribution in [3.05, 3.63) is 65.1 Å². The van der Waals surface area contributed by atoms with Crippen LogP contribution in [0, 0.1) is 0 Å². The highest BCUT2D eigenvalue weighted by Gasteiger charge is 2.28. The topological polar surface area (TPSA) is 133 Å². The molecule has 9 nitrogen and oxygen atoms in total. The zero-order chi connectivity index (χ0) is 20.4. The van der Waals surface area contributed by atoms with Gasteiger partial charge in [0.05, 0.1) is 12.5 Å². The standard InChI is InChI=1S/C20H17N5O4/c21-19(27)18(26)14(8-12-10-29-16-5-3-4-13(12)16)24-20(28)15-9-22-11-25(15)17-6-1-2-7-23-17/h1-2,4-7,9-11,14H,3,8H2,(H2,21,27)(H,24,28). The van der Waals surface area contributed by atoms with Gasteiger partial charge in [-0.25, -0.2) is 9.97 Å². The molecule has 2 amide bonds. The average molecular weight is 391 g/mol. The van der Waals surface area contributed by atoms with Crippen molar-refractivity contribution in [1.82, 2.24) is 19.9 Å². The number of furan rings is 1. The van der Waals surface area contributed by atoms with Gasteiger partial charge in [-0.3, -0.25) is 19.0 Å². The summed E-state index contributed by atoms with van der Waals surface area (Å²) in [5.41, 5.74) is 6.79. The number of carbonyl (C=O) groups excluding carboxylic acids is 3. The molecule has 4 rings (SSSR count). The third kappa shape index (κ3) is 3.57. The van der Waals surface area contributed by atoms with Crippen molar-refractivity contribution in [1.29, 1.82) is 0 Å². The first-order valence-electron chi connectivity index (χ1n) is 8.89. The van der Waals surface area contributed by atoms with E-state index in [-0.39, 0.29) is 12.1 Å². The molecule has 0 saturated carbocycles.